The normalized spacial score (nSPS) is 24.0. The highest BCUT2D eigenvalue weighted by Gasteiger charge is 2.53. The number of rotatable bonds is 3. The second kappa shape index (κ2) is 6.57. The van der Waals surface area contributed by atoms with E-state index in [2.05, 4.69) is 5.32 Å². The van der Waals surface area contributed by atoms with Crippen molar-refractivity contribution in [3.63, 3.8) is 0 Å². The number of likely N-dealkylation sites (tertiary alicyclic amines) is 1. The summed E-state index contributed by atoms with van der Waals surface area (Å²) in [6.45, 7) is -1.09. The first-order chi connectivity index (χ1) is 11.8. The average molecular weight is 356 g/mol. The molecule has 0 radical (unpaired) electrons. The van der Waals surface area contributed by atoms with E-state index in [9.17, 15) is 22.8 Å². The average Bonchev–Trinajstić information content (AvgIpc) is 2.91. The first-order valence-electron chi connectivity index (χ1n) is 8.21. The number of benzene rings is 1. The maximum Gasteiger partial charge on any atom is 0.394 e. The number of carboxylic acid groups (broad SMARTS) is 1. The second-order valence-electron chi connectivity index (χ2n) is 6.68. The highest BCUT2D eigenvalue weighted by atomic mass is 19.4. The van der Waals surface area contributed by atoms with Crippen LogP contribution in [0.15, 0.2) is 24.3 Å². The fourth-order valence-electron chi connectivity index (χ4n) is 3.37. The van der Waals surface area contributed by atoms with Crippen LogP contribution < -0.4 is 5.32 Å². The molecule has 136 valence electrons. The summed E-state index contributed by atoms with van der Waals surface area (Å²) < 4.78 is 39.0. The van der Waals surface area contributed by atoms with Crippen molar-refractivity contribution >= 4 is 17.7 Å². The summed E-state index contributed by atoms with van der Waals surface area (Å²) in [6, 6.07) is 6.56. The summed E-state index contributed by atoms with van der Waals surface area (Å²) in [5.41, 5.74) is 1.61. The van der Waals surface area contributed by atoms with Crippen LogP contribution in [0.25, 0.3) is 0 Å². The van der Waals surface area contributed by atoms with Crippen molar-refractivity contribution in [3.05, 3.63) is 29.8 Å². The number of hydrogen-bond acceptors (Lipinski definition) is 2. The monoisotopic (exact) mass is 356 g/mol. The first-order valence-corrected chi connectivity index (χ1v) is 8.21. The van der Waals surface area contributed by atoms with Gasteiger partial charge in [0.15, 0.2) is 0 Å². The predicted molar refractivity (Wildman–Crippen MR) is 84.3 cm³/mol. The molecule has 1 aromatic rings. The molecule has 1 aromatic carbocycles. The molecule has 0 bridgehead atoms. The van der Waals surface area contributed by atoms with Gasteiger partial charge in [0.25, 0.3) is 0 Å². The van der Waals surface area contributed by atoms with Gasteiger partial charge in [-0.05, 0) is 36.5 Å². The van der Waals surface area contributed by atoms with Gasteiger partial charge in [0, 0.05) is 18.8 Å². The van der Waals surface area contributed by atoms with Crippen LogP contribution in [0.4, 0.5) is 23.7 Å². The molecule has 2 amide bonds. The number of anilines is 1. The predicted octanol–water partition coefficient (Wildman–Crippen LogP) is 3.68. The number of aliphatic carboxylic acids is 1. The van der Waals surface area contributed by atoms with E-state index < -0.39 is 43.1 Å². The Morgan fingerprint density at radius 1 is 1.20 bits per heavy atom. The summed E-state index contributed by atoms with van der Waals surface area (Å²) in [5, 5.41) is 11.6. The molecule has 1 heterocycles. The van der Waals surface area contributed by atoms with Crippen molar-refractivity contribution in [2.45, 2.75) is 31.4 Å². The van der Waals surface area contributed by atoms with Gasteiger partial charge in [-0.2, -0.15) is 13.2 Å². The molecule has 2 N–H and O–H groups in total. The standard InChI is InChI=1S/C17H19F3N2O3/c18-17(19,20)14-9-22(8-13(14)15(23)24)16(25)21-12-6-2-5-11(7-12)10-3-1-4-10/h2,5-7,10,13-14H,1,3-4,8-9H2,(H,21,25)(H,23,24)/t13-,14-/m1/s1. The number of alkyl halides is 3. The van der Waals surface area contributed by atoms with E-state index in [-0.39, 0.29) is 0 Å². The van der Waals surface area contributed by atoms with Crippen LogP contribution in [0.2, 0.25) is 0 Å². The van der Waals surface area contributed by atoms with Crippen molar-refractivity contribution in [2.24, 2.45) is 11.8 Å². The number of urea groups is 1. The highest BCUT2D eigenvalue weighted by molar-refractivity contribution is 5.90. The van der Waals surface area contributed by atoms with E-state index in [1.165, 1.54) is 6.42 Å². The molecule has 2 aliphatic rings. The van der Waals surface area contributed by atoms with E-state index >= 15 is 0 Å². The highest BCUT2D eigenvalue weighted by Crippen LogP contribution is 2.39. The van der Waals surface area contributed by atoms with Crippen LogP contribution in [0.5, 0.6) is 0 Å². The number of nitrogens with zero attached hydrogens (tertiary/aromatic N) is 1. The van der Waals surface area contributed by atoms with Crippen LogP contribution in [0.1, 0.15) is 30.7 Å². The van der Waals surface area contributed by atoms with Crippen LogP contribution >= 0.6 is 0 Å². The Hall–Kier alpha value is -2.25. The summed E-state index contributed by atoms with van der Waals surface area (Å²) in [5.74, 6) is -4.75. The number of nitrogens with one attached hydrogen (secondary N) is 1. The zero-order chi connectivity index (χ0) is 18.2. The first kappa shape index (κ1) is 17.6. The molecule has 8 heteroatoms. The topological polar surface area (TPSA) is 69.6 Å². The zero-order valence-electron chi connectivity index (χ0n) is 13.4. The van der Waals surface area contributed by atoms with Gasteiger partial charge in [-0.25, -0.2) is 4.79 Å². The van der Waals surface area contributed by atoms with Crippen LogP contribution in [-0.4, -0.2) is 41.3 Å². The van der Waals surface area contributed by atoms with Gasteiger partial charge in [0.1, 0.15) is 0 Å². The lowest BCUT2D eigenvalue weighted by atomic mass is 9.80. The number of carbonyl (C=O) groups excluding carboxylic acids is 1. The molecule has 0 spiro atoms. The number of amides is 2. The Morgan fingerprint density at radius 3 is 2.44 bits per heavy atom. The maximum absolute atomic E-state index is 13.0. The van der Waals surface area contributed by atoms with Gasteiger partial charge < -0.3 is 15.3 Å². The molecular weight excluding hydrogens is 337 g/mol. The number of carboxylic acids is 1. The van der Waals surface area contributed by atoms with Crippen LogP contribution in [0.3, 0.4) is 0 Å². The molecule has 5 nitrogen and oxygen atoms in total. The van der Waals surface area contributed by atoms with Gasteiger partial charge in [-0.1, -0.05) is 18.6 Å². The minimum atomic E-state index is -4.65. The molecule has 2 fully saturated rings. The quantitative estimate of drug-likeness (QED) is 0.868. The fraction of sp³-hybridized carbons (Fsp3) is 0.529. The fourth-order valence-corrected chi connectivity index (χ4v) is 3.37. The van der Waals surface area contributed by atoms with Crippen molar-refractivity contribution in [3.8, 4) is 0 Å². The lowest BCUT2D eigenvalue weighted by Crippen LogP contribution is -2.35. The minimum absolute atomic E-state index is 0.451. The van der Waals surface area contributed by atoms with Crippen molar-refractivity contribution in [1.82, 2.24) is 4.90 Å². The lowest BCUT2D eigenvalue weighted by Gasteiger charge is -2.26. The Labute approximate surface area is 142 Å². The van der Waals surface area contributed by atoms with Gasteiger partial charge in [0.05, 0.1) is 11.8 Å². The Balaban J connectivity index is 1.68. The van der Waals surface area contributed by atoms with E-state index in [0.717, 1.165) is 23.3 Å². The summed E-state index contributed by atoms with van der Waals surface area (Å²) in [7, 11) is 0. The molecule has 1 saturated heterocycles. The van der Waals surface area contributed by atoms with Crippen molar-refractivity contribution < 1.29 is 27.9 Å². The number of halogens is 3. The second-order valence-corrected chi connectivity index (χ2v) is 6.68. The number of carbonyl (C=O) groups is 2. The minimum Gasteiger partial charge on any atom is -0.481 e. The SMILES string of the molecule is O=C(O)[C@@H]1CN(C(=O)Nc2cccc(C3CCC3)c2)C[C@H]1C(F)(F)F. The molecule has 1 aliphatic carbocycles. The summed E-state index contributed by atoms with van der Waals surface area (Å²) >= 11 is 0. The van der Waals surface area contributed by atoms with E-state index in [1.54, 1.807) is 12.1 Å². The third kappa shape index (κ3) is 3.72. The van der Waals surface area contributed by atoms with Gasteiger partial charge >= 0.3 is 18.2 Å². The van der Waals surface area contributed by atoms with Gasteiger partial charge in [-0.3, -0.25) is 4.79 Å². The maximum atomic E-state index is 13.0. The molecule has 0 unspecified atom stereocenters. The smallest absolute Gasteiger partial charge is 0.394 e. The molecule has 0 aromatic heterocycles. The number of hydrogen-bond donors (Lipinski definition) is 2. The Kier molecular flexibility index (Phi) is 4.62. The Morgan fingerprint density at radius 2 is 1.92 bits per heavy atom. The van der Waals surface area contributed by atoms with E-state index in [0.29, 0.717) is 11.6 Å². The molecule has 25 heavy (non-hydrogen) atoms. The molecule has 2 atom stereocenters. The third-order valence-electron chi connectivity index (χ3n) is 5.06. The zero-order valence-corrected chi connectivity index (χ0v) is 13.4. The van der Waals surface area contributed by atoms with E-state index in [4.69, 9.17) is 5.11 Å². The Bertz CT molecular complexity index is 673. The van der Waals surface area contributed by atoms with Crippen molar-refractivity contribution in [2.75, 3.05) is 18.4 Å². The summed E-state index contributed by atoms with van der Waals surface area (Å²) in [6.07, 6.45) is -1.29. The van der Waals surface area contributed by atoms with Crippen LogP contribution in [-0.2, 0) is 4.79 Å². The molecule has 1 aliphatic heterocycles. The van der Waals surface area contributed by atoms with Crippen LogP contribution in [0, 0.1) is 11.8 Å². The van der Waals surface area contributed by atoms with Crippen molar-refractivity contribution in [1.29, 1.82) is 0 Å². The molecule has 3 rings (SSSR count). The molecular formula is C17H19F3N2O3. The largest absolute Gasteiger partial charge is 0.481 e. The lowest BCUT2D eigenvalue weighted by molar-refractivity contribution is -0.187. The third-order valence-corrected chi connectivity index (χ3v) is 5.06. The van der Waals surface area contributed by atoms with E-state index in [1.807, 2.05) is 12.1 Å². The van der Waals surface area contributed by atoms with Gasteiger partial charge in [-0.15, -0.1) is 0 Å². The summed E-state index contributed by atoms with van der Waals surface area (Å²) in [4.78, 5) is 24.3. The molecule has 1 saturated carbocycles. The van der Waals surface area contributed by atoms with Gasteiger partial charge in [0.2, 0.25) is 0 Å².